The van der Waals surface area contributed by atoms with Crippen molar-refractivity contribution >= 4 is 19.1 Å². The van der Waals surface area contributed by atoms with E-state index in [-0.39, 0.29) is 0 Å². The summed E-state index contributed by atoms with van der Waals surface area (Å²) in [6.45, 7) is 0.677. The molecule has 0 aliphatic rings. The maximum absolute atomic E-state index is 5.71. The van der Waals surface area contributed by atoms with Crippen LogP contribution in [0.15, 0.2) is 30.3 Å². The Labute approximate surface area is 101 Å². The van der Waals surface area contributed by atoms with Gasteiger partial charge in [0.1, 0.15) is 5.75 Å². The molecule has 0 amide bonds. The van der Waals surface area contributed by atoms with Gasteiger partial charge in [0.05, 0.1) is 6.61 Å². The summed E-state index contributed by atoms with van der Waals surface area (Å²) >= 11 is 0. The molecule has 87 valence electrons. The second kappa shape index (κ2) is 6.82. The van der Waals surface area contributed by atoms with E-state index in [0.717, 1.165) is 18.6 Å². The SMILES string of the molecule is N[Si](N)(CCCCOc1ccccc1)O[Si]. The first kappa shape index (κ1) is 13.4. The fraction of sp³-hybridized carbons (Fsp3) is 0.400. The Balaban J connectivity index is 2.09. The van der Waals surface area contributed by atoms with E-state index in [1.807, 2.05) is 30.3 Å². The highest BCUT2D eigenvalue weighted by Crippen LogP contribution is 2.10. The number of ether oxygens (including phenoxy) is 1. The van der Waals surface area contributed by atoms with E-state index >= 15 is 0 Å². The van der Waals surface area contributed by atoms with Gasteiger partial charge in [0.2, 0.25) is 10.5 Å². The van der Waals surface area contributed by atoms with Crippen molar-refractivity contribution in [2.75, 3.05) is 6.61 Å². The van der Waals surface area contributed by atoms with Gasteiger partial charge in [-0.25, -0.2) is 0 Å². The van der Waals surface area contributed by atoms with Crippen LogP contribution in [-0.4, -0.2) is 25.7 Å². The van der Waals surface area contributed by atoms with Crippen LogP contribution >= 0.6 is 0 Å². The molecule has 1 aromatic rings. The van der Waals surface area contributed by atoms with Crippen LogP contribution in [0.25, 0.3) is 0 Å². The molecule has 0 spiro atoms. The number of benzene rings is 1. The number of hydrogen-bond donors (Lipinski definition) is 2. The summed E-state index contributed by atoms with van der Waals surface area (Å²) in [7, 11) is 0.456. The lowest BCUT2D eigenvalue weighted by Crippen LogP contribution is -2.58. The number of unbranched alkanes of at least 4 members (excludes halogenated alkanes) is 1. The summed E-state index contributed by atoms with van der Waals surface area (Å²) in [6.07, 6.45) is 1.84. The van der Waals surface area contributed by atoms with Gasteiger partial charge in [0.25, 0.3) is 0 Å². The molecule has 0 aliphatic carbocycles. The molecule has 0 saturated heterocycles. The minimum atomic E-state index is -2.45. The van der Waals surface area contributed by atoms with Crippen molar-refractivity contribution in [3.8, 4) is 5.75 Å². The van der Waals surface area contributed by atoms with Crippen LogP contribution in [0, 0.1) is 0 Å². The Morgan fingerprint density at radius 3 is 2.44 bits per heavy atom. The molecule has 0 aliphatic heterocycles. The average molecular weight is 253 g/mol. The Kier molecular flexibility index (Phi) is 5.71. The number of hydrogen-bond acceptors (Lipinski definition) is 4. The average Bonchev–Trinajstić information content (AvgIpc) is 2.30. The lowest BCUT2D eigenvalue weighted by molar-refractivity contribution is 0.308. The van der Waals surface area contributed by atoms with Crippen molar-refractivity contribution in [3.63, 3.8) is 0 Å². The van der Waals surface area contributed by atoms with Gasteiger partial charge in [0, 0.05) is 0 Å². The molecule has 0 fully saturated rings. The molecule has 4 nitrogen and oxygen atoms in total. The van der Waals surface area contributed by atoms with Crippen molar-refractivity contribution in [2.24, 2.45) is 10.8 Å². The Hall–Kier alpha value is -0.666. The maximum Gasteiger partial charge on any atom is 0.335 e. The third-order valence-corrected chi connectivity index (χ3v) is 4.82. The molecular weight excluding hydrogens is 236 g/mol. The van der Waals surface area contributed by atoms with Crippen LogP contribution in [0.4, 0.5) is 0 Å². The van der Waals surface area contributed by atoms with E-state index in [9.17, 15) is 0 Å². The van der Waals surface area contributed by atoms with Gasteiger partial charge in [-0.2, -0.15) is 0 Å². The van der Waals surface area contributed by atoms with Gasteiger partial charge in [-0.05, 0) is 31.0 Å². The summed E-state index contributed by atoms with van der Waals surface area (Å²) in [6, 6.07) is 10.5. The van der Waals surface area contributed by atoms with E-state index in [1.165, 1.54) is 0 Å². The highest BCUT2D eigenvalue weighted by atomic mass is 28.4. The topological polar surface area (TPSA) is 70.5 Å². The van der Waals surface area contributed by atoms with Crippen LogP contribution < -0.4 is 15.5 Å². The first-order valence-corrected chi connectivity index (χ1v) is 7.92. The second-order valence-electron chi connectivity index (χ2n) is 3.68. The van der Waals surface area contributed by atoms with Gasteiger partial charge in [0.15, 0.2) is 0 Å². The van der Waals surface area contributed by atoms with Crippen LogP contribution in [-0.2, 0) is 4.12 Å². The summed E-state index contributed by atoms with van der Waals surface area (Å²) in [4.78, 5) is 0. The van der Waals surface area contributed by atoms with Crippen LogP contribution in [0.1, 0.15) is 12.8 Å². The summed E-state index contributed by atoms with van der Waals surface area (Å²) < 4.78 is 10.4. The van der Waals surface area contributed by atoms with Crippen LogP contribution in [0.2, 0.25) is 6.04 Å². The van der Waals surface area contributed by atoms with Crippen molar-refractivity contribution < 1.29 is 8.85 Å². The van der Waals surface area contributed by atoms with E-state index < -0.39 is 8.64 Å². The molecule has 6 heteroatoms. The van der Waals surface area contributed by atoms with Crippen molar-refractivity contribution in [2.45, 2.75) is 18.9 Å². The largest absolute Gasteiger partial charge is 0.494 e. The molecule has 0 saturated carbocycles. The fourth-order valence-electron chi connectivity index (χ4n) is 1.26. The van der Waals surface area contributed by atoms with Gasteiger partial charge in [-0.1, -0.05) is 18.2 Å². The smallest absolute Gasteiger partial charge is 0.335 e. The van der Waals surface area contributed by atoms with Crippen LogP contribution in [0.5, 0.6) is 5.75 Å². The minimum Gasteiger partial charge on any atom is -0.494 e. The van der Waals surface area contributed by atoms with E-state index in [2.05, 4.69) is 10.5 Å². The summed E-state index contributed by atoms with van der Waals surface area (Å²) in [5.41, 5.74) is 0. The predicted octanol–water partition coefficient (Wildman–Crippen LogP) is 0.802. The molecule has 4 N–H and O–H groups in total. The van der Waals surface area contributed by atoms with Gasteiger partial charge in [-0.3, -0.25) is 0 Å². The highest BCUT2D eigenvalue weighted by Gasteiger charge is 2.22. The molecule has 16 heavy (non-hydrogen) atoms. The first-order chi connectivity index (χ1) is 7.64. The highest BCUT2D eigenvalue weighted by molar-refractivity contribution is 6.69. The summed E-state index contributed by atoms with van der Waals surface area (Å²) in [5, 5.41) is 11.4. The van der Waals surface area contributed by atoms with E-state index in [4.69, 9.17) is 19.7 Å². The van der Waals surface area contributed by atoms with Crippen molar-refractivity contribution in [1.29, 1.82) is 0 Å². The molecule has 0 bridgehead atoms. The van der Waals surface area contributed by atoms with Gasteiger partial charge in [-0.15, -0.1) is 0 Å². The lowest BCUT2D eigenvalue weighted by Gasteiger charge is -2.18. The van der Waals surface area contributed by atoms with Crippen molar-refractivity contribution in [1.82, 2.24) is 0 Å². The normalized spacial score (nSPS) is 11.4. The predicted molar refractivity (Wildman–Crippen MR) is 66.9 cm³/mol. The van der Waals surface area contributed by atoms with Crippen LogP contribution in [0.3, 0.4) is 0 Å². The number of nitrogens with two attached hydrogens (primary N) is 2. The zero-order valence-corrected chi connectivity index (χ0v) is 11.2. The third-order valence-electron chi connectivity index (χ3n) is 2.16. The molecule has 0 unspecified atom stereocenters. The van der Waals surface area contributed by atoms with Gasteiger partial charge < -0.3 is 19.7 Å². The molecule has 0 heterocycles. The molecular formula is C10H17N2O2Si2. The number of rotatable bonds is 7. The lowest BCUT2D eigenvalue weighted by atomic mass is 10.3. The van der Waals surface area contributed by atoms with Crippen molar-refractivity contribution in [3.05, 3.63) is 30.3 Å². The van der Waals surface area contributed by atoms with E-state index in [1.54, 1.807) is 0 Å². The molecule has 0 aromatic heterocycles. The second-order valence-corrected chi connectivity index (χ2v) is 6.90. The molecule has 1 rings (SSSR count). The zero-order valence-electron chi connectivity index (χ0n) is 9.19. The Morgan fingerprint density at radius 1 is 1.12 bits per heavy atom. The Bertz CT molecular complexity index is 296. The fourth-order valence-corrected chi connectivity index (χ4v) is 2.47. The standard InChI is InChI=1S/C10H17N2O2Si2/c11-16(12,14-15)9-5-4-8-13-10-6-2-1-3-7-10/h1-3,6-7H,4-5,8-9,11-12H2. The molecule has 1 aromatic carbocycles. The van der Waals surface area contributed by atoms with Gasteiger partial charge >= 0.3 is 8.64 Å². The maximum atomic E-state index is 5.71. The monoisotopic (exact) mass is 253 g/mol. The quantitative estimate of drug-likeness (QED) is 0.557. The number of para-hydroxylation sites is 1. The molecule has 0 atom stereocenters. The first-order valence-electron chi connectivity index (χ1n) is 5.24. The van der Waals surface area contributed by atoms with E-state index in [0.29, 0.717) is 12.7 Å². The minimum absolute atomic E-state index is 0.677. The third kappa shape index (κ3) is 5.43. The Morgan fingerprint density at radius 2 is 1.81 bits per heavy atom. The summed E-state index contributed by atoms with van der Waals surface area (Å²) in [5.74, 6) is 0.892. The molecule has 3 radical (unpaired) electrons. The zero-order chi connectivity index (χ0) is 11.9.